The molecule has 786 valence electrons. The average Bonchev–Trinajstić information content (AvgIpc) is 1.63. The Labute approximate surface area is 891 Å². The maximum Gasteiger partial charge on any atom is 0.410 e. The number of piperazine rings is 4. The molecule has 3 atom stereocenters. The Morgan fingerprint density at radius 1 is 0.489 bits per heavy atom. The van der Waals surface area contributed by atoms with Gasteiger partial charge >= 0.3 is 41.0 Å². The van der Waals surface area contributed by atoms with Gasteiger partial charge in [-0.15, -0.1) is 22.6 Å². The molecule has 53 heteroatoms. The monoisotopic (exact) mass is 2520 g/mol. The molecular weight excluding hydrogens is 2380 g/mol. The summed E-state index contributed by atoms with van der Waals surface area (Å²) in [4.78, 5) is 171. The molecule has 7 saturated heterocycles. The molecule has 0 spiro atoms. The van der Waals surface area contributed by atoms with E-state index in [1.165, 1.54) is 34.5 Å². The summed E-state index contributed by atoms with van der Waals surface area (Å²) in [7, 11) is 0. The largest absolute Gasteiger partial charge is 0.444 e. The molecule has 0 radical (unpaired) electrons. The molecular formula is C88H138BrClFI4N29O17. The van der Waals surface area contributed by atoms with Crippen LogP contribution in [0.2, 0.25) is 0 Å². The zero-order chi connectivity index (χ0) is 100. The van der Waals surface area contributed by atoms with Crippen LogP contribution in [0.3, 0.4) is 0 Å². The number of H-pyrrole nitrogens is 2. The van der Waals surface area contributed by atoms with E-state index < -0.39 is 46.7 Å². The SMILES string of the molecule is C.C.C.C.C.CC(C)(C)OC(=O)N1CCN(c2ccn3c(=O)[nH]nc3c2)CC1.CC(C)(C)OC(=O)N1CCN(c2ccn3c(=O)n(C4CCC(=O)NC4=O)nc3c2)CC1.CC(C)(C)OC(=O)N1CCNCC1.Cl.Fc1cc(I)ccn1.N=N.NNc1cc(I)ccn1.O.O=C1CCC(Br)C(=O)N1.O=C1CCC(n2nc3cc(N4CCNCC4)ccn3c2=O)C(=O)N1.O=c1[nH]nc2cc(I)ccn12.[2H]CC.[2H]CI.[HH]. The molecule has 0 saturated carbocycles. The fraction of sp³-hybridized carbons (Fsp3) is 0.511. The number of halogens is 7. The number of carbonyl (C=O) groups excluding carboxylic acids is 9. The van der Waals surface area contributed by atoms with Crippen molar-refractivity contribution in [3.63, 3.8) is 0 Å². The number of nitrogens with two attached hydrogens (primary N) is 1. The summed E-state index contributed by atoms with van der Waals surface area (Å²) in [5, 5.41) is 34.4. The van der Waals surface area contributed by atoms with Crippen LogP contribution in [0.25, 0.3) is 22.6 Å². The number of carbonyl (C=O) groups is 9. The van der Waals surface area contributed by atoms with Crippen molar-refractivity contribution in [1.29, 1.82) is 11.1 Å². The van der Waals surface area contributed by atoms with Crippen LogP contribution in [0.1, 0.15) is 168 Å². The van der Waals surface area contributed by atoms with Gasteiger partial charge in [0.15, 0.2) is 22.6 Å². The first-order chi connectivity index (χ1) is 64.5. The van der Waals surface area contributed by atoms with Crippen LogP contribution in [0, 0.1) is 27.7 Å². The molecule has 0 aliphatic carbocycles. The lowest BCUT2D eigenvalue weighted by molar-refractivity contribution is -0.137. The van der Waals surface area contributed by atoms with Crippen molar-refractivity contribution in [2.45, 2.75) is 186 Å². The van der Waals surface area contributed by atoms with Gasteiger partial charge in [0.1, 0.15) is 34.7 Å². The van der Waals surface area contributed by atoms with Gasteiger partial charge < -0.3 is 65.1 Å². The van der Waals surface area contributed by atoms with Crippen LogP contribution in [-0.2, 0) is 43.0 Å². The molecule has 7 aliphatic heterocycles. The lowest BCUT2D eigenvalue weighted by Crippen LogP contribution is -2.50. The maximum atomic E-state index is 12.7. The van der Waals surface area contributed by atoms with Crippen molar-refractivity contribution in [2.24, 2.45) is 5.84 Å². The number of fused-ring (bicyclic) bond motifs is 4. The first-order valence-electron chi connectivity index (χ1n) is 43.4. The fourth-order valence-electron chi connectivity index (χ4n) is 13.1. The minimum Gasteiger partial charge on any atom is -0.444 e. The molecule has 17 rings (SSSR count). The first kappa shape index (κ1) is 127. The van der Waals surface area contributed by atoms with Gasteiger partial charge in [0.25, 0.3) is 11.8 Å². The molecule has 0 aromatic carbocycles. The van der Waals surface area contributed by atoms with Crippen molar-refractivity contribution in [2.75, 3.05) is 130 Å². The number of aromatic nitrogens is 14. The van der Waals surface area contributed by atoms with E-state index in [2.05, 4.69) is 148 Å². The minimum atomic E-state index is -0.800. The Bertz CT molecular complexity index is 5940. The van der Waals surface area contributed by atoms with E-state index in [0.29, 0.717) is 112 Å². The normalized spacial score (nSPS) is 16.5. The number of rotatable bonds is 6. The zero-order valence-electron chi connectivity index (χ0n) is 78.4. The summed E-state index contributed by atoms with van der Waals surface area (Å²) >= 11 is 11.5. The number of piperidine rings is 3. The molecule has 10 aromatic heterocycles. The Kier molecular flexibility index (Phi) is 56.4. The number of nitrogen functional groups attached to an aromatic ring is 1. The average molecular weight is 2520 g/mol. The number of nitrogens with one attached hydrogen (secondary N) is 10. The van der Waals surface area contributed by atoms with Crippen LogP contribution >= 0.6 is 119 Å². The first-order valence-corrected chi connectivity index (χ1v) is 47.7. The van der Waals surface area contributed by atoms with Gasteiger partial charge in [-0.2, -0.15) is 24.0 Å². The number of imide groups is 3. The van der Waals surface area contributed by atoms with Crippen LogP contribution in [0.15, 0.2) is 129 Å². The summed E-state index contributed by atoms with van der Waals surface area (Å²) in [6.07, 6.45) is 11.0. The van der Waals surface area contributed by atoms with E-state index in [9.17, 15) is 66.7 Å². The number of hydrogen-bond acceptors (Lipinski definition) is 31. The zero-order valence-corrected chi connectivity index (χ0v) is 87.5. The van der Waals surface area contributed by atoms with E-state index in [1.807, 2.05) is 162 Å². The number of hydrogen-bond donors (Lipinski definition) is 11. The summed E-state index contributed by atoms with van der Waals surface area (Å²) in [6.45, 7) is 30.8. The number of amides is 9. The van der Waals surface area contributed by atoms with Gasteiger partial charge in [-0.3, -0.25) is 62.3 Å². The molecule has 0 bridgehead atoms. The Balaban J connectivity index is 0. The smallest absolute Gasteiger partial charge is 0.410 e. The van der Waals surface area contributed by atoms with Crippen LogP contribution in [-0.4, -0.2) is 273 Å². The summed E-state index contributed by atoms with van der Waals surface area (Å²) < 4.78 is 51.6. The van der Waals surface area contributed by atoms with Crippen LogP contribution in [0.4, 0.5) is 41.7 Å². The van der Waals surface area contributed by atoms with Gasteiger partial charge in [0.05, 0.1) is 4.83 Å². The van der Waals surface area contributed by atoms with Crippen molar-refractivity contribution < 1.29 is 71.4 Å². The number of nitrogens with zero attached hydrogens (tertiary/aromatic N) is 18. The highest BCUT2D eigenvalue weighted by molar-refractivity contribution is 14.1. The van der Waals surface area contributed by atoms with E-state index in [1.54, 1.807) is 64.7 Å². The van der Waals surface area contributed by atoms with Gasteiger partial charge in [0, 0.05) is 217 Å². The quantitative estimate of drug-likeness (QED) is 0.0108. The van der Waals surface area contributed by atoms with E-state index in [0.717, 1.165) is 84.8 Å². The number of anilines is 4. The maximum absolute atomic E-state index is 12.7. The van der Waals surface area contributed by atoms with Gasteiger partial charge in [-0.25, -0.2) is 70.6 Å². The molecule has 9 amide bonds. The second-order valence-electron chi connectivity index (χ2n) is 32.4. The lowest BCUT2D eigenvalue weighted by atomic mass is 10.1. The second-order valence-corrected chi connectivity index (χ2v) is 37.3. The molecule has 17 heterocycles. The van der Waals surface area contributed by atoms with Crippen molar-refractivity contribution in [3.05, 3.63) is 169 Å². The molecule has 10 aromatic rings. The highest BCUT2D eigenvalue weighted by Crippen LogP contribution is 2.25. The molecule has 3 unspecified atom stereocenters. The van der Waals surface area contributed by atoms with Crippen molar-refractivity contribution >= 4 is 218 Å². The van der Waals surface area contributed by atoms with Crippen molar-refractivity contribution in [1.82, 2.24) is 109 Å². The van der Waals surface area contributed by atoms with Crippen LogP contribution < -0.4 is 75.3 Å². The standard InChI is InChI=1S/C20H26N6O5.C15H18N6O3.C15H21N5O3.C9H18N2O2.C6H4IN3O.C5H6BrNO2.C5H3FIN.C5H6IN3.C2H6.CH3I.5CH4.ClH.H2N2.H2O.H2/c1-20(2,3)31-19(30)24-10-8-23(9-11-24)13-6-7-25-15(12-13)22-26(18(25)29)14-4-5-16(27)21-17(14)28;22-13-2-1-11(14(23)17-13)21-15(24)20-6-3-10(9-12(20)18-21)19-7-4-16-5-8-19;1-15(2,3)23-14(22)19-8-6-18(7-9-19)11-4-5-20-12(10-11)16-17-13(20)21;1-9(2,3)13-8(12)11-6-4-10-5-7-11;7-4-1-2-10-5(3-4)8-9-6(10)11;6-3-1-2-4(8)7-5(3)9;6-5-3-4(7)1-2-8-5;6-4-1-2-8-5(3-4)9-7;2*1-2;;;;;;;1-2;;/h6-7,12,14H,4-5,8-11H2,1-3H3,(H,21,27,28);3,6,9,11,16H,1-2,4-5,7-8H2,(H,17,22,23);4-5,10H,6-9H2,1-3H3,(H,17,21);10H,4-7H2,1-3H3;1-3H,(H,9,11);3H,1-2H2,(H,7,8,9);1-3H;1-3H,7H2,(H,8,9);1-2H3;1H3;5*1H4;1H;1-2H;1H2;1H/i;;;;;;;;2*1D;;;;;;;;;. The molecule has 7 aliphatic rings. The Morgan fingerprint density at radius 3 is 1.16 bits per heavy atom. The predicted octanol–water partition coefficient (Wildman–Crippen LogP) is 10.6. The van der Waals surface area contributed by atoms with Gasteiger partial charge in [-0.1, -0.05) is 89.5 Å². The number of pyridine rings is 6. The van der Waals surface area contributed by atoms with E-state index >= 15 is 0 Å². The third-order valence-corrected chi connectivity index (χ3v) is 22.3. The molecule has 14 N–H and O–H groups in total. The number of hydrazine groups is 1. The summed E-state index contributed by atoms with van der Waals surface area (Å²) in [5.74, 6) is 3.35. The second kappa shape index (κ2) is 62.8. The van der Waals surface area contributed by atoms with Gasteiger partial charge in [0.2, 0.25) is 29.6 Å². The summed E-state index contributed by atoms with van der Waals surface area (Å²) in [5.41, 5.74) is 14.8. The fourth-order valence-corrected chi connectivity index (χ4v) is 14.8. The summed E-state index contributed by atoms with van der Waals surface area (Å²) in [6, 6.07) is 20.1. The molecule has 7 fully saturated rings. The lowest BCUT2D eigenvalue weighted by Gasteiger charge is -2.36. The topological polar surface area (TPSA) is 583 Å². The Hall–Kier alpha value is -10.5. The van der Waals surface area contributed by atoms with Crippen molar-refractivity contribution in [3.8, 4) is 0 Å². The predicted molar refractivity (Wildman–Crippen MR) is 582 cm³/mol. The molecule has 141 heavy (non-hydrogen) atoms. The van der Waals surface area contributed by atoms with E-state index in [-0.39, 0.29) is 145 Å². The van der Waals surface area contributed by atoms with E-state index in [4.69, 9.17) is 33.9 Å². The van der Waals surface area contributed by atoms with Crippen LogP contribution in [0.5, 0.6) is 0 Å². The molecule has 46 nitrogen and oxygen atoms in total. The third-order valence-electron chi connectivity index (χ3n) is 19.4. The number of ether oxygens (including phenoxy) is 3. The number of aromatic amines is 2. The minimum absolute atomic E-state index is 0. The van der Waals surface area contributed by atoms with Gasteiger partial charge in [-0.05, 0) is 203 Å². The Morgan fingerprint density at radius 2 is 0.816 bits per heavy atom. The highest BCUT2D eigenvalue weighted by Gasteiger charge is 2.35. The highest BCUT2D eigenvalue weighted by atomic mass is 127. The third kappa shape index (κ3) is 40.7. The number of alkyl halides is 2.